The highest BCUT2D eigenvalue weighted by Gasteiger charge is 2.21. The first kappa shape index (κ1) is 13.5. The van der Waals surface area contributed by atoms with Gasteiger partial charge in [0, 0.05) is 25.2 Å². The van der Waals surface area contributed by atoms with Crippen LogP contribution in [0.15, 0.2) is 29.0 Å². The first-order valence-corrected chi connectivity index (χ1v) is 6.83. The molecule has 0 aromatic carbocycles. The molecular weight excluding hydrogens is 262 g/mol. The van der Waals surface area contributed by atoms with Gasteiger partial charge in [-0.3, -0.25) is 14.0 Å². The first-order valence-electron chi connectivity index (χ1n) is 5.95. The van der Waals surface area contributed by atoms with Crippen molar-refractivity contribution in [2.75, 3.05) is 13.6 Å². The molecular formula is C13H15N3O2S. The number of fused-ring (bicyclic) bond motifs is 1. The molecule has 0 radical (unpaired) electrons. The molecule has 0 N–H and O–H groups in total. The van der Waals surface area contributed by atoms with Crippen LogP contribution in [-0.4, -0.2) is 33.8 Å². The molecule has 0 saturated heterocycles. The van der Waals surface area contributed by atoms with E-state index in [9.17, 15) is 9.59 Å². The summed E-state index contributed by atoms with van der Waals surface area (Å²) in [4.78, 5) is 31.2. The molecule has 1 amide bonds. The second-order valence-electron chi connectivity index (χ2n) is 4.12. The molecule has 2 aromatic heterocycles. The Kier molecular flexibility index (Phi) is 3.80. The van der Waals surface area contributed by atoms with Crippen LogP contribution in [0.25, 0.3) is 4.96 Å². The Morgan fingerprint density at radius 2 is 2.37 bits per heavy atom. The summed E-state index contributed by atoms with van der Waals surface area (Å²) in [6.45, 7) is 5.87. The summed E-state index contributed by atoms with van der Waals surface area (Å²) in [5.74, 6) is -0.310. The van der Waals surface area contributed by atoms with E-state index in [1.165, 1.54) is 20.6 Å². The van der Waals surface area contributed by atoms with Gasteiger partial charge in [0.05, 0.1) is 5.69 Å². The van der Waals surface area contributed by atoms with Crippen LogP contribution >= 0.6 is 11.3 Å². The topological polar surface area (TPSA) is 54.7 Å². The highest BCUT2D eigenvalue weighted by atomic mass is 32.1. The molecule has 100 valence electrons. The van der Waals surface area contributed by atoms with E-state index in [0.717, 1.165) is 0 Å². The summed E-state index contributed by atoms with van der Waals surface area (Å²) in [6.07, 6.45) is 3.81. The molecule has 0 fully saturated rings. The summed E-state index contributed by atoms with van der Waals surface area (Å²) >= 11 is 1.38. The maximum atomic E-state index is 12.4. The monoisotopic (exact) mass is 277 g/mol. The molecule has 2 rings (SSSR count). The maximum absolute atomic E-state index is 12.4. The highest BCUT2D eigenvalue weighted by molar-refractivity contribution is 7.15. The second-order valence-corrected chi connectivity index (χ2v) is 5.00. The summed E-state index contributed by atoms with van der Waals surface area (Å²) in [5.41, 5.74) is 0.403. The third kappa shape index (κ3) is 2.31. The lowest BCUT2D eigenvalue weighted by Crippen LogP contribution is -2.34. The number of carbonyl (C=O) groups is 1. The van der Waals surface area contributed by atoms with Crippen molar-refractivity contribution in [2.45, 2.75) is 13.3 Å². The molecule has 0 bridgehead atoms. The van der Waals surface area contributed by atoms with Crippen LogP contribution in [0.4, 0.5) is 0 Å². The van der Waals surface area contributed by atoms with Crippen LogP contribution < -0.4 is 5.56 Å². The zero-order chi connectivity index (χ0) is 14.0. The Hall–Kier alpha value is -1.95. The van der Waals surface area contributed by atoms with Gasteiger partial charge in [-0.2, -0.15) is 0 Å². The van der Waals surface area contributed by atoms with Crippen LogP contribution in [-0.2, 0) is 6.42 Å². The predicted octanol–water partition coefficient (Wildman–Crippen LogP) is 1.58. The van der Waals surface area contributed by atoms with Gasteiger partial charge in [0.15, 0.2) is 4.96 Å². The summed E-state index contributed by atoms with van der Waals surface area (Å²) in [6, 6.07) is 0. The maximum Gasteiger partial charge on any atom is 0.271 e. The van der Waals surface area contributed by atoms with Crippen molar-refractivity contribution >= 4 is 22.2 Å². The molecule has 2 heterocycles. The normalized spacial score (nSPS) is 10.6. The lowest BCUT2D eigenvalue weighted by atomic mass is 10.1. The predicted molar refractivity (Wildman–Crippen MR) is 75.9 cm³/mol. The van der Waals surface area contributed by atoms with Crippen LogP contribution in [0.2, 0.25) is 0 Å². The van der Waals surface area contributed by atoms with Gasteiger partial charge in [0.25, 0.3) is 11.5 Å². The molecule has 2 aromatic rings. The molecule has 0 aliphatic rings. The Balaban J connectivity index is 2.63. The van der Waals surface area contributed by atoms with Crippen LogP contribution in [0.1, 0.15) is 23.0 Å². The smallest absolute Gasteiger partial charge is 0.271 e. The number of nitrogens with zero attached hydrogens (tertiary/aromatic N) is 3. The van der Waals surface area contributed by atoms with E-state index in [1.54, 1.807) is 24.7 Å². The lowest BCUT2D eigenvalue weighted by Gasteiger charge is -2.16. The first-order chi connectivity index (χ1) is 9.10. The largest absolute Gasteiger partial charge is 0.338 e. The van der Waals surface area contributed by atoms with Gasteiger partial charge in [-0.15, -0.1) is 17.9 Å². The van der Waals surface area contributed by atoms with Gasteiger partial charge in [-0.05, 0) is 6.42 Å². The second kappa shape index (κ2) is 5.36. The summed E-state index contributed by atoms with van der Waals surface area (Å²) in [5, 5.41) is 1.78. The summed E-state index contributed by atoms with van der Waals surface area (Å²) in [7, 11) is 1.64. The van der Waals surface area contributed by atoms with Crippen molar-refractivity contribution in [3.63, 3.8) is 0 Å². The molecule has 0 atom stereocenters. The number of hydrogen-bond acceptors (Lipinski definition) is 4. The molecule has 0 aliphatic heterocycles. The van der Waals surface area contributed by atoms with E-state index in [0.29, 0.717) is 23.6 Å². The average molecular weight is 277 g/mol. The molecule has 0 unspecified atom stereocenters. The van der Waals surface area contributed by atoms with E-state index >= 15 is 0 Å². The minimum atomic E-state index is -0.310. The van der Waals surface area contributed by atoms with Crippen molar-refractivity contribution in [1.82, 2.24) is 14.3 Å². The fraction of sp³-hybridized carbons (Fsp3) is 0.308. The highest BCUT2D eigenvalue weighted by Crippen LogP contribution is 2.12. The van der Waals surface area contributed by atoms with E-state index in [4.69, 9.17) is 0 Å². The number of hydrogen-bond donors (Lipinski definition) is 0. The number of thiazole rings is 1. The molecule has 0 saturated carbocycles. The number of aromatic nitrogens is 2. The third-order valence-electron chi connectivity index (χ3n) is 2.84. The number of likely N-dealkylation sites (N-methyl/N-ethyl adjacent to an activating group) is 1. The van der Waals surface area contributed by atoms with Gasteiger partial charge in [0.1, 0.15) is 5.56 Å². The van der Waals surface area contributed by atoms with Gasteiger partial charge < -0.3 is 4.90 Å². The number of rotatable bonds is 4. The van der Waals surface area contributed by atoms with E-state index in [2.05, 4.69) is 11.6 Å². The van der Waals surface area contributed by atoms with Gasteiger partial charge in [-0.25, -0.2) is 4.98 Å². The third-order valence-corrected chi connectivity index (χ3v) is 3.60. The van der Waals surface area contributed by atoms with E-state index in [1.807, 2.05) is 6.92 Å². The minimum Gasteiger partial charge on any atom is -0.338 e. The zero-order valence-electron chi connectivity index (χ0n) is 10.9. The number of aryl methyl sites for hydroxylation is 1. The van der Waals surface area contributed by atoms with Crippen LogP contribution in [0, 0.1) is 0 Å². The SMILES string of the molecule is C=CCN(C)C(=O)c1c(CC)nc2sccn2c1=O. The fourth-order valence-corrected chi connectivity index (χ4v) is 2.59. The average Bonchev–Trinajstić information content (AvgIpc) is 2.86. The fourth-order valence-electron chi connectivity index (χ4n) is 1.86. The van der Waals surface area contributed by atoms with E-state index < -0.39 is 0 Å². The molecule has 0 spiro atoms. The van der Waals surface area contributed by atoms with Gasteiger partial charge >= 0.3 is 0 Å². The lowest BCUT2D eigenvalue weighted by molar-refractivity contribution is 0.0806. The molecule has 19 heavy (non-hydrogen) atoms. The Bertz CT molecular complexity index is 687. The quantitative estimate of drug-likeness (QED) is 0.797. The Morgan fingerprint density at radius 1 is 1.63 bits per heavy atom. The molecule has 5 nitrogen and oxygen atoms in total. The Labute approximate surface area is 114 Å². The van der Waals surface area contributed by atoms with Crippen molar-refractivity contribution in [3.8, 4) is 0 Å². The molecule has 0 aliphatic carbocycles. The van der Waals surface area contributed by atoms with Crippen molar-refractivity contribution in [3.05, 3.63) is 45.8 Å². The van der Waals surface area contributed by atoms with Crippen molar-refractivity contribution < 1.29 is 4.79 Å². The van der Waals surface area contributed by atoms with Crippen molar-refractivity contribution in [2.24, 2.45) is 0 Å². The Morgan fingerprint density at radius 3 is 3.00 bits per heavy atom. The minimum absolute atomic E-state index is 0.155. The molecule has 6 heteroatoms. The number of carbonyl (C=O) groups excluding carboxylic acids is 1. The standard InChI is InChI=1S/C13H15N3O2S/c1-4-6-15(3)11(17)10-9(5-2)14-13-16(12(10)18)7-8-19-13/h4,7-8H,1,5-6H2,2-3H3. The van der Waals surface area contributed by atoms with Crippen LogP contribution in [0.3, 0.4) is 0 Å². The van der Waals surface area contributed by atoms with Crippen molar-refractivity contribution in [1.29, 1.82) is 0 Å². The van der Waals surface area contributed by atoms with Gasteiger partial charge in [0.2, 0.25) is 0 Å². The van der Waals surface area contributed by atoms with Crippen LogP contribution in [0.5, 0.6) is 0 Å². The zero-order valence-corrected chi connectivity index (χ0v) is 11.7. The number of amides is 1. The van der Waals surface area contributed by atoms with Gasteiger partial charge in [-0.1, -0.05) is 13.0 Å². The summed E-state index contributed by atoms with van der Waals surface area (Å²) < 4.78 is 1.42. The van der Waals surface area contributed by atoms with E-state index in [-0.39, 0.29) is 17.0 Å².